The lowest BCUT2D eigenvalue weighted by molar-refractivity contribution is -0.139. The van der Waals surface area contributed by atoms with E-state index in [0.29, 0.717) is 6.54 Å². The number of carbonyl (C=O) groups is 2. The number of carboxylic acid groups (broad SMARTS) is 1. The molecule has 1 unspecified atom stereocenters. The molecule has 0 saturated carbocycles. The van der Waals surface area contributed by atoms with E-state index >= 15 is 0 Å². The Hall–Kier alpha value is -2.56. The maximum absolute atomic E-state index is 12.7. The maximum atomic E-state index is 12.7. The topological polar surface area (TPSA) is 70.8 Å². The monoisotopic (exact) mass is 313 g/mol. The molecule has 1 amide bonds. The van der Waals surface area contributed by atoms with E-state index < -0.39 is 11.9 Å². The highest BCUT2D eigenvalue weighted by Gasteiger charge is 2.33. The molecule has 0 bridgehead atoms. The van der Waals surface area contributed by atoms with Crippen molar-refractivity contribution in [2.75, 3.05) is 6.54 Å². The highest BCUT2D eigenvalue weighted by molar-refractivity contribution is 5.92. The third kappa shape index (κ3) is 2.74. The van der Waals surface area contributed by atoms with Crippen molar-refractivity contribution in [3.63, 3.8) is 0 Å². The van der Waals surface area contributed by atoms with E-state index in [0.717, 1.165) is 28.9 Å². The molecular weight excluding hydrogens is 294 g/mol. The summed E-state index contributed by atoms with van der Waals surface area (Å²) in [4.78, 5) is 25.8. The Bertz CT molecular complexity index is 762. The summed E-state index contributed by atoms with van der Waals surface area (Å²) in [6, 6.07) is 9.11. The Morgan fingerprint density at radius 3 is 2.74 bits per heavy atom. The quantitative estimate of drug-likeness (QED) is 0.945. The molecule has 1 N–H and O–H groups in total. The summed E-state index contributed by atoms with van der Waals surface area (Å²) in [5.41, 5.74) is 2.61. The van der Waals surface area contributed by atoms with Gasteiger partial charge in [-0.2, -0.15) is 0 Å². The van der Waals surface area contributed by atoms with Crippen LogP contribution >= 0.6 is 0 Å². The Balaban J connectivity index is 1.92. The first-order valence-corrected chi connectivity index (χ1v) is 7.70. The molecule has 1 aromatic carbocycles. The normalized spacial score (nSPS) is 17.0. The van der Waals surface area contributed by atoms with Crippen LogP contribution in [0.3, 0.4) is 0 Å². The third-order valence-electron chi connectivity index (χ3n) is 4.33. The molecule has 5 nitrogen and oxygen atoms in total. The number of hydrogen-bond donors (Lipinski definition) is 1. The van der Waals surface area contributed by atoms with Crippen LogP contribution in [0.2, 0.25) is 0 Å². The molecule has 1 atom stereocenters. The smallest absolute Gasteiger partial charge is 0.312 e. The van der Waals surface area contributed by atoms with Crippen LogP contribution in [0, 0.1) is 6.92 Å². The van der Waals surface area contributed by atoms with Gasteiger partial charge in [0.25, 0.3) is 5.91 Å². The summed E-state index contributed by atoms with van der Waals surface area (Å²) >= 11 is 0. The zero-order valence-corrected chi connectivity index (χ0v) is 13.2. The molecule has 2 aromatic rings. The highest BCUT2D eigenvalue weighted by Crippen LogP contribution is 2.30. The van der Waals surface area contributed by atoms with Crippen LogP contribution < -0.4 is 0 Å². The zero-order valence-electron chi connectivity index (χ0n) is 13.2. The number of carbonyl (C=O) groups excluding carboxylic acids is 1. The van der Waals surface area contributed by atoms with Crippen LogP contribution in [0.25, 0.3) is 0 Å². The first-order chi connectivity index (χ1) is 11.0. The second-order valence-electron chi connectivity index (χ2n) is 5.85. The van der Waals surface area contributed by atoms with Gasteiger partial charge in [0, 0.05) is 19.5 Å². The summed E-state index contributed by atoms with van der Waals surface area (Å²) < 4.78 is 5.62. The van der Waals surface area contributed by atoms with Gasteiger partial charge in [-0.3, -0.25) is 9.59 Å². The molecule has 1 aromatic heterocycles. The molecule has 120 valence electrons. The number of nitrogens with zero attached hydrogens (tertiary/aromatic N) is 1. The number of rotatable bonds is 3. The van der Waals surface area contributed by atoms with E-state index in [1.807, 2.05) is 38.1 Å². The van der Waals surface area contributed by atoms with Gasteiger partial charge in [0.1, 0.15) is 5.76 Å². The average Bonchev–Trinajstić information content (AvgIpc) is 2.93. The average molecular weight is 313 g/mol. The number of aryl methyl sites for hydroxylation is 2. The number of carboxylic acids is 1. The number of benzene rings is 1. The molecule has 5 heteroatoms. The highest BCUT2D eigenvalue weighted by atomic mass is 16.4. The molecule has 0 radical (unpaired) electrons. The van der Waals surface area contributed by atoms with Gasteiger partial charge < -0.3 is 14.4 Å². The van der Waals surface area contributed by atoms with Gasteiger partial charge in [0.2, 0.25) is 0 Å². The summed E-state index contributed by atoms with van der Waals surface area (Å²) in [5, 5.41) is 9.48. The Morgan fingerprint density at radius 2 is 2.09 bits per heavy atom. The summed E-state index contributed by atoms with van der Waals surface area (Å²) in [7, 11) is 0. The molecule has 23 heavy (non-hydrogen) atoms. The van der Waals surface area contributed by atoms with E-state index in [1.54, 1.807) is 11.0 Å². The second-order valence-corrected chi connectivity index (χ2v) is 5.85. The van der Waals surface area contributed by atoms with Gasteiger partial charge in [0.15, 0.2) is 5.76 Å². The number of furan rings is 1. The fraction of sp³-hybridized carbons (Fsp3) is 0.333. The van der Waals surface area contributed by atoms with Gasteiger partial charge >= 0.3 is 5.97 Å². The first kappa shape index (κ1) is 15.3. The van der Waals surface area contributed by atoms with Crippen molar-refractivity contribution in [2.45, 2.75) is 32.7 Å². The van der Waals surface area contributed by atoms with Crippen molar-refractivity contribution in [3.8, 4) is 0 Å². The minimum atomic E-state index is -0.917. The number of hydrogen-bond acceptors (Lipinski definition) is 3. The van der Waals surface area contributed by atoms with Crippen molar-refractivity contribution >= 4 is 11.9 Å². The number of fused-ring (bicyclic) bond motifs is 1. The van der Waals surface area contributed by atoms with E-state index in [-0.39, 0.29) is 18.2 Å². The van der Waals surface area contributed by atoms with Crippen molar-refractivity contribution in [1.82, 2.24) is 4.90 Å². The minimum Gasteiger partial charge on any atom is -0.481 e. The predicted octanol–water partition coefficient (Wildman–Crippen LogP) is 2.97. The third-order valence-corrected chi connectivity index (χ3v) is 4.33. The molecule has 0 saturated heterocycles. The zero-order chi connectivity index (χ0) is 16.6. The van der Waals surface area contributed by atoms with Gasteiger partial charge in [0.05, 0.1) is 5.92 Å². The number of aliphatic carboxylic acids is 1. The summed E-state index contributed by atoms with van der Waals surface area (Å²) in [6.07, 6.45) is 0.722. The summed E-state index contributed by atoms with van der Waals surface area (Å²) in [5.74, 6) is -0.803. The van der Waals surface area contributed by atoms with Gasteiger partial charge in [-0.15, -0.1) is 0 Å². The van der Waals surface area contributed by atoms with Crippen LogP contribution in [0.4, 0.5) is 0 Å². The Morgan fingerprint density at radius 1 is 1.35 bits per heavy atom. The number of amides is 1. The van der Waals surface area contributed by atoms with Crippen molar-refractivity contribution in [1.29, 1.82) is 0 Å². The van der Waals surface area contributed by atoms with Gasteiger partial charge in [-0.1, -0.05) is 31.2 Å². The van der Waals surface area contributed by atoms with E-state index in [9.17, 15) is 14.7 Å². The van der Waals surface area contributed by atoms with E-state index in [4.69, 9.17) is 4.42 Å². The fourth-order valence-corrected chi connectivity index (χ4v) is 3.10. The Kier molecular flexibility index (Phi) is 3.94. The molecule has 0 aliphatic carbocycles. The second kappa shape index (κ2) is 5.91. The maximum Gasteiger partial charge on any atom is 0.312 e. The van der Waals surface area contributed by atoms with Crippen LogP contribution in [0.1, 0.15) is 45.8 Å². The van der Waals surface area contributed by atoms with Gasteiger partial charge in [-0.25, -0.2) is 0 Å². The van der Waals surface area contributed by atoms with Crippen LogP contribution in [-0.2, 0) is 17.8 Å². The van der Waals surface area contributed by atoms with Crippen LogP contribution in [0.15, 0.2) is 34.7 Å². The first-order valence-electron chi connectivity index (χ1n) is 7.70. The lowest BCUT2D eigenvalue weighted by atomic mass is 9.89. The standard InChI is InChI=1S/C18H19NO4/c1-3-15-11(2)8-16(23-15)17(20)19-9-12-6-4-5-7-13(12)14(10-19)18(21)22/h4-8,14H,3,9-10H2,1-2H3,(H,21,22). The molecular formula is C18H19NO4. The van der Waals surface area contributed by atoms with Crippen molar-refractivity contribution in [2.24, 2.45) is 0 Å². The lowest BCUT2D eigenvalue weighted by Gasteiger charge is -2.32. The molecule has 1 aliphatic heterocycles. The SMILES string of the molecule is CCc1oc(C(=O)N2Cc3ccccc3C(C(=O)O)C2)cc1C. The molecule has 1 aliphatic rings. The predicted molar refractivity (Wildman–Crippen MR) is 84.4 cm³/mol. The molecule has 0 spiro atoms. The van der Waals surface area contributed by atoms with Crippen LogP contribution in [0.5, 0.6) is 0 Å². The lowest BCUT2D eigenvalue weighted by Crippen LogP contribution is -2.40. The minimum absolute atomic E-state index is 0.159. The summed E-state index contributed by atoms with van der Waals surface area (Å²) in [6.45, 7) is 4.44. The van der Waals surface area contributed by atoms with Crippen LogP contribution in [-0.4, -0.2) is 28.4 Å². The molecule has 0 fully saturated rings. The van der Waals surface area contributed by atoms with Crippen molar-refractivity contribution < 1.29 is 19.1 Å². The van der Waals surface area contributed by atoms with Crippen molar-refractivity contribution in [3.05, 3.63) is 58.5 Å². The Labute approximate surface area is 134 Å². The molecule has 2 heterocycles. The van der Waals surface area contributed by atoms with E-state index in [2.05, 4.69) is 0 Å². The largest absolute Gasteiger partial charge is 0.481 e. The van der Waals surface area contributed by atoms with Gasteiger partial charge in [-0.05, 0) is 29.7 Å². The molecule has 3 rings (SSSR count). The van der Waals surface area contributed by atoms with E-state index in [1.165, 1.54) is 0 Å². The fourth-order valence-electron chi connectivity index (χ4n) is 3.10.